The fourth-order valence-corrected chi connectivity index (χ4v) is 3.50. The highest BCUT2D eigenvalue weighted by atomic mass is 14.7. The maximum absolute atomic E-state index is 4.66. The van der Waals surface area contributed by atoms with Gasteiger partial charge in [-0.05, 0) is 94.0 Å². The fraction of sp³-hybridized carbons (Fsp3) is 0.212. The summed E-state index contributed by atoms with van der Waals surface area (Å²) in [5.41, 5.74) is 11.2. The van der Waals surface area contributed by atoms with Crippen molar-refractivity contribution in [3.05, 3.63) is 123 Å². The van der Waals surface area contributed by atoms with Crippen molar-refractivity contribution in [2.75, 3.05) is 0 Å². The largest absolute Gasteiger partial charge is 0.261 e. The van der Waals surface area contributed by atoms with E-state index >= 15 is 0 Å². The van der Waals surface area contributed by atoms with E-state index in [-0.39, 0.29) is 0 Å². The summed E-state index contributed by atoms with van der Waals surface area (Å²) >= 11 is 0. The van der Waals surface area contributed by atoms with E-state index in [1.165, 1.54) is 22.3 Å². The minimum absolute atomic E-state index is 0.932. The first-order valence-corrected chi connectivity index (χ1v) is 12.0. The van der Waals surface area contributed by atoms with Gasteiger partial charge in [-0.3, -0.25) is 9.98 Å². The lowest BCUT2D eigenvalue weighted by Crippen LogP contribution is -1.86. The Labute approximate surface area is 212 Å². The van der Waals surface area contributed by atoms with Gasteiger partial charge in [0.15, 0.2) is 0 Å². The van der Waals surface area contributed by atoms with Gasteiger partial charge < -0.3 is 0 Å². The van der Waals surface area contributed by atoms with E-state index in [9.17, 15) is 0 Å². The molecule has 0 N–H and O–H groups in total. The van der Waals surface area contributed by atoms with E-state index in [4.69, 9.17) is 0 Å². The van der Waals surface area contributed by atoms with Crippen LogP contribution in [0.4, 0.5) is 0 Å². The third kappa shape index (κ3) is 9.54. The molecule has 0 aliphatic heterocycles. The van der Waals surface area contributed by atoms with E-state index in [1.807, 2.05) is 58.4 Å². The summed E-state index contributed by atoms with van der Waals surface area (Å²) in [6.45, 7) is 18.3. The second kappa shape index (κ2) is 13.8. The van der Waals surface area contributed by atoms with Crippen LogP contribution < -0.4 is 0 Å². The van der Waals surface area contributed by atoms with Crippen LogP contribution in [0.2, 0.25) is 0 Å². The molecule has 2 aromatic carbocycles. The third-order valence-electron chi connectivity index (χ3n) is 5.40. The zero-order valence-electron chi connectivity index (χ0n) is 22.3. The molecular formula is C33H38N2. The van der Waals surface area contributed by atoms with Crippen molar-refractivity contribution in [1.82, 2.24) is 0 Å². The second-order valence-corrected chi connectivity index (χ2v) is 8.86. The molecule has 0 spiro atoms. The van der Waals surface area contributed by atoms with Gasteiger partial charge in [0.2, 0.25) is 0 Å². The van der Waals surface area contributed by atoms with Crippen LogP contribution in [0.1, 0.15) is 61.1 Å². The van der Waals surface area contributed by atoms with Gasteiger partial charge >= 0.3 is 0 Å². The molecule has 0 heterocycles. The average molecular weight is 463 g/mol. The highest BCUT2D eigenvalue weighted by Crippen LogP contribution is 2.17. The number of rotatable bonds is 9. The number of nitrogens with zero attached hydrogens (tertiary/aromatic N) is 2. The molecule has 0 amide bonds. The van der Waals surface area contributed by atoms with Gasteiger partial charge in [0.25, 0.3) is 0 Å². The number of allylic oxidation sites excluding steroid dienone is 8. The smallest absolute Gasteiger partial charge is 0.0379 e. The lowest BCUT2D eigenvalue weighted by atomic mass is 10.0. The molecule has 2 aromatic rings. The summed E-state index contributed by atoms with van der Waals surface area (Å²) in [7, 11) is 0. The van der Waals surface area contributed by atoms with Gasteiger partial charge in [-0.1, -0.05) is 84.5 Å². The lowest BCUT2D eigenvalue weighted by Gasteiger charge is -2.03. The van der Waals surface area contributed by atoms with Crippen LogP contribution in [-0.2, 0) is 0 Å². The third-order valence-corrected chi connectivity index (χ3v) is 5.40. The van der Waals surface area contributed by atoms with Crippen LogP contribution in [0.5, 0.6) is 0 Å². The molecular weight excluding hydrogens is 424 g/mol. The molecule has 0 radical (unpaired) electrons. The Hall–Kier alpha value is -3.78. The van der Waals surface area contributed by atoms with E-state index in [1.54, 1.807) is 0 Å². The van der Waals surface area contributed by atoms with Crippen LogP contribution in [0.25, 0.3) is 18.2 Å². The number of aryl methyl sites for hydroxylation is 3. The average Bonchev–Trinajstić information content (AvgIpc) is 2.82. The molecule has 0 aliphatic carbocycles. The number of benzene rings is 2. The monoisotopic (exact) mass is 462 g/mol. The standard InChI is InChI=1S/C33H38N2/c1-9-11-30(23-35-29(8)21-33-17-14-25(4)19-31(33)10-2)15-12-26(5)22-34-28(7)20-32-16-13-24(3)18-27(32)6/h9-23H,2H2,1,3-8H3/b11-9-,26-12+,28-20+,29-21+,30-15+,34-22+,35-23-. The Morgan fingerprint density at radius 3 is 1.97 bits per heavy atom. The first kappa shape index (κ1) is 27.5. The normalized spacial score (nSPS) is 14.0. The zero-order chi connectivity index (χ0) is 25.8. The van der Waals surface area contributed by atoms with Gasteiger partial charge in [0.1, 0.15) is 0 Å². The molecule has 0 saturated carbocycles. The summed E-state index contributed by atoms with van der Waals surface area (Å²) in [6, 6.07) is 12.8. The molecule has 0 bridgehead atoms. The van der Waals surface area contributed by atoms with Crippen molar-refractivity contribution in [3.63, 3.8) is 0 Å². The second-order valence-electron chi connectivity index (χ2n) is 8.86. The molecule has 2 heteroatoms. The van der Waals surface area contributed by atoms with Crippen molar-refractivity contribution in [2.45, 2.75) is 48.5 Å². The summed E-state index contributed by atoms with van der Waals surface area (Å²) in [5.74, 6) is 0. The van der Waals surface area contributed by atoms with Crippen molar-refractivity contribution < 1.29 is 0 Å². The predicted octanol–water partition coefficient (Wildman–Crippen LogP) is 9.27. The summed E-state index contributed by atoms with van der Waals surface area (Å²) in [5, 5.41) is 0. The minimum atomic E-state index is 0.932. The molecule has 2 nitrogen and oxygen atoms in total. The molecule has 2 rings (SSSR count). The highest BCUT2D eigenvalue weighted by Gasteiger charge is 1.98. The quantitative estimate of drug-likeness (QED) is 0.262. The van der Waals surface area contributed by atoms with Crippen LogP contribution in [0.15, 0.2) is 99.8 Å². The maximum Gasteiger partial charge on any atom is 0.0379 e. The van der Waals surface area contributed by atoms with Crippen LogP contribution in [0, 0.1) is 20.8 Å². The molecule has 0 atom stereocenters. The zero-order valence-corrected chi connectivity index (χ0v) is 22.3. The van der Waals surface area contributed by atoms with E-state index in [2.05, 4.69) is 98.0 Å². The van der Waals surface area contributed by atoms with Gasteiger partial charge in [0, 0.05) is 23.8 Å². The van der Waals surface area contributed by atoms with Crippen molar-refractivity contribution in [1.29, 1.82) is 0 Å². The summed E-state index contributed by atoms with van der Waals surface area (Å²) < 4.78 is 0. The Morgan fingerprint density at radius 2 is 1.34 bits per heavy atom. The number of hydrogen-bond donors (Lipinski definition) is 0. The highest BCUT2D eigenvalue weighted by molar-refractivity contribution is 5.85. The topological polar surface area (TPSA) is 24.7 Å². The first-order chi connectivity index (χ1) is 16.7. The van der Waals surface area contributed by atoms with Gasteiger partial charge in [-0.2, -0.15) is 0 Å². The fourth-order valence-electron chi connectivity index (χ4n) is 3.50. The molecule has 0 unspecified atom stereocenters. The predicted molar refractivity (Wildman–Crippen MR) is 158 cm³/mol. The number of aliphatic imine (C=N–C) groups is 2. The van der Waals surface area contributed by atoms with E-state index in [0.717, 1.165) is 33.7 Å². The molecule has 35 heavy (non-hydrogen) atoms. The Kier molecular flexibility index (Phi) is 10.8. The Balaban J connectivity index is 2.16. The van der Waals surface area contributed by atoms with Crippen LogP contribution >= 0.6 is 0 Å². The van der Waals surface area contributed by atoms with Crippen LogP contribution in [0.3, 0.4) is 0 Å². The molecule has 180 valence electrons. The van der Waals surface area contributed by atoms with E-state index < -0.39 is 0 Å². The molecule has 0 fully saturated rings. The Bertz CT molecular complexity index is 1260. The van der Waals surface area contributed by atoms with Crippen molar-refractivity contribution in [3.8, 4) is 0 Å². The number of hydrogen-bond acceptors (Lipinski definition) is 2. The molecule has 0 saturated heterocycles. The minimum Gasteiger partial charge on any atom is -0.261 e. The summed E-state index contributed by atoms with van der Waals surface area (Å²) in [6.07, 6.45) is 18.0. The maximum atomic E-state index is 4.66. The van der Waals surface area contributed by atoms with Gasteiger partial charge in [0.05, 0.1) is 0 Å². The summed E-state index contributed by atoms with van der Waals surface area (Å²) in [4.78, 5) is 9.28. The van der Waals surface area contributed by atoms with Gasteiger partial charge in [-0.25, -0.2) is 0 Å². The van der Waals surface area contributed by atoms with Gasteiger partial charge in [-0.15, -0.1) is 0 Å². The van der Waals surface area contributed by atoms with Crippen LogP contribution in [-0.4, -0.2) is 12.4 Å². The lowest BCUT2D eigenvalue weighted by molar-refractivity contribution is 1.31. The SMILES string of the molecule is C=Cc1cc(C)ccc1\C=C(C)\N=C/C(/C=C\C)=C/C=C(C)/C=N/C(C)=C/c1ccc(C)cc1C. The van der Waals surface area contributed by atoms with Crippen molar-refractivity contribution in [2.24, 2.45) is 9.98 Å². The Morgan fingerprint density at radius 1 is 0.743 bits per heavy atom. The molecule has 0 aromatic heterocycles. The first-order valence-electron chi connectivity index (χ1n) is 12.0. The molecule has 0 aliphatic rings. The van der Waals surface area contributed by atoms with E-state index in [0.29, 0.717) is 0 Å². The van der Waals surface area contributed by atoms with Crippen molar-refractivity contribution >= 4 is 30.7 Å².